The zero-order valence-electron chi connectivity index (χ0n) is 7.17. The maximum atomic E-state index is 9.39. The second-order valence-corrected chi connectivity index (χ2v) is 2.87. The van der Waals surface area contributed by atoms with Crippen LogP contribution in [0.25, 0.3) is 0 Å². The number of hydrogen-bond donors (Lipinski definition) is 3. The van der Waals surface area contributed by atoms with E-state index in [9.17, 15) is 15.3 Å². The summed E-state index contributed by atoms with van der Waals surface area (Å²) >= 11 is 0. The Bertz CT molecular complexity index is 172. The van der Waals surface area contributed by atoms with E-state index in [1.165, 1.54) is 6.08 Å². The molecule has 0 amide bonds. The Hall–Kier alpha value is -0.460. The molecular weight excluding hydrogens is 176 g/mol. The van der Waals surface area contributed by atoms with E-state index in [4.69, 9.17) is 9.47 Å². The number of aliphatic hydroxyl groups is 3. The van der Waals surface area contributed by atoms with E-state index < -0.39 is 24.6 Å². The second-order valence-electron chi connectivity index (χ2n) is 2.87. The Labute approximate surface area is 76.2 Å². The van der Waals surface area contributed by atoms with Gasteiger partial charge in [-0.05, 0) is 0 Å². The minimum atomic E-state index is -1.20. The van der Waals surface area contributed by atoms with Crippen LogP contribution in [0.1, 0.15) is 0 Å². The molecule has 0 aromatic carbocycles. The van der Waals surface area contributed by atoms with Crippen molar-refractivity contribution in [3.05, 3.63) is 12.7 Å². The molecule has 13 heavy (non-hydrogen) atoms. The van der Waals surface area contributed by atoms with E-state index in [1.807, 2.05) is 0 Å². The molecule has 0 saturated carbocycles. The lowest BCUT2D eigenvalue weighted by atomic mass is 10.1. The Morgan fingerprint density at radius 2 is 2.15 bits per heavy atom. The van der Waals surface area contributed by atoms with Gasteiger partial charge >= 0.3 is 0 Å². The number of rotatable bonds is 3. The largest absolute Gasteiger partial charge is 0.388 e. The topological polar surface area (TPSA) is 79.2 Å². The van der Waals surface area contributed by atoms with Gasteiger partial charge in [0.1, 0.15) is 18.3 Å². The van der Waals surface area contributed by atoms with Gasteiger partial charge in [-0.15, -0.1) is 6.58 Å². The van der Waals surface area contributed by atoms with Crippen LogP contribution < -0.4 is 0 Å². The van der Waals surface area contributed by atoms with Crippen molar-refractivity contribution in [2.75, 3.05) is 13.2 Å². The van der Waals surface area contributed by atoms with Crippen LogP contribution in [0.15, 0.2) is 12.7 Å². The second kappa shape index (κ2) is 4.69. The summed E-state index contributed by atoms with van der Waals surface area (Å²) in [7, 11) is 0. The third kappa shape index (κ3) is 2.49. The maximum absolute atomic E-state index is 9.39. The summed E-state index contributed by atoms with van der Waals surface area (Å²) in [6.45, 7) is 3.52. The van der Waals surface area contributed by atoms with Gasteiger partial charge in [0.25, 0.3) is 0 Å². The molecule has 1 saturated heterocycles. The molecule has 0 radical (unpaired) electrons. The molecule has 0 aliphatic carbocycles. The van der Waals surface area contributed by atoms with Crippen molar-refractivity contribution < 1.29 is 24.8 Å². The summed E-state index contributed by atoms with van der Waals surface area (Å²) in [5.41, 5.74) is 0. The van der Waals surface area contributed by atoms with Crippen LogP contribution in [0, 0.1) is 0 Å². The summed E-state index contributed by atoms with van der Waals surface area (Å²) < 4.78 is 9.78. The van der Waals surface area contributed by atoms with Crippen molar-refractivity contribution in [2.45, 2.75) is 24.6 Å². The fourth-order valence-electron chi connectivity index (χ4n) is 1.14. The molecule has 5 nitrogen and oxygen atoms in total. The van der Waals surface area contributed by atoms with Crippen LogP contribution in [0.4, 0.5) is 0 Å². The van der Waals surface area contributed by atoms with Gasteiger partial charge in [0.15, 0.2) is 6.29 Å². The van der Waals surface area contributed by atoms with Crippen LogP contribution in [0.2, 0.25) is 0 Å². The highest BCUT2D eigenvalue weighted by Gasteiger charge is 2.38. The molecule has 4 unspecified atom stereocenters. The molecule has 0 bridgehead atoms. The standard InChI is InChI=1S/C8H14O5/c1-2-3-12-7-6(10)5(9)4-13-8(7)11/h2,5-11H,1,3-4H2. The summed E-state index contributed by atoms with van der Waals surface area (Å²) in [4.78, 5) is 0. The molecule has 0 spiro atoms. The van der Waals surface area contributed by atoms with E-state index in [-0.39, 0.29) is 13.2 Å². The molecular formula is C8H14O5. The van der Waals surface area contributed by atoms with Crippen molar-refractivity contribution >= 4 is 0 Å². The smallest absolute Gasteiger partial charge is 0.183 e. The van der Waals surface area contributed by atoms with Gasteiger partial charge < -0.3 is 24.8 Å². The Balaban J connectivity index is 2.50. The van der Waals surface area contributed by atoms with Crippen LogP contribution >= 0.6 is 0 Å². The lowest BCUT2D eigenvalue weighted by Gasteiger charge is -2.34. The predicted octanol–water partition coefficient (Wildman–Crippen LogP) is -1.37. The Morgan fingerprint density at radius 3 is 2.77 bits per heavy atom. The fraction of sp³-hybridized carbons (Fsp3) is 0.750. The minimum Gasteiger partial charge on any atom is -0.388 e. The predicted molar refractivity (Wildman–Crippen MR) is 43.9 cm³/mol. The summed E-state index contributed by atoms with van der Waals surface area (Å²) in [6.07, 6.45) is -2.76. The normalized spacial score (nSPS) is 40.2. The molecule has 5 heteroatoms. The van der Waals surface area contributed by atoms with Gasteiger partial charge in [0.05, 0.1) is 13.2 Å². The van der Waals surface area contributed by atoms with Crippen molar-refractivity contribution in [1.82, 2.24) is 0 Å². The van der Waals surface area contributed by atoms with Gasteiger partial charge in [0.2, 0.25) is 0 Å². The first-order chi connectivity index (χ1) is 6.16. The third-order valence-electron chi connectivity index (χ3n) is 1.86. The highest BCUT2D eigenvalue weighted by molar-refractivity contribution is 4.84. The lowest BCUT2D eigenvalue weighted by molar-refractivity contribution is -0.262. The van der Waals surface area contributed by atoms with E-state index in [1.54, 1.807) is 0 Å². The van der Waals surface area contributed by atoms with E-state index >= 15 is 0 Å². The molecule has 0 aromatic heterocycles. The van der Waals surface area contributed by atoms with Crippen molar-refractivity contribution in [2.24, 2.45) is 0 Å². The molecule has 3 N–H and O–H groups in total. The van der Waals surface area contributed by atoms with Gasteiger partial charge in [-0.25, -0.2) is 0 Å². The summed E-state index contributed by atoms with van der Waals surface area (Å²) in [5.74, 6) is 0. The van der Waals surface area contributed by atoms with Gasteiger partial charge in [-0.3, -0.25) is 0 Å². The van der Waals surface area contributed by atoms with Gasteiger partial charge in [-0.1, -0.05) is 6.08 Å². The van der Waals surface area contributed by atoms with Gasteiger partial charge in [0, 0.05) is 0 Å². The summed E-state index contributed by atoms with van der Waals surface area (Å²) in [5, 5.41) is 27.8. The first-order valence-corrected chi connectivity index (χ1v) is 4.05. The van der Waals surface area contributed by atoms with E-state index in [0.717, 1.165) is 0 Å². The maximum Gasteiger partial charge on any atom is 0.183 e. The minimum absolute atomic E-state index is 0.0870. The quantitative estimate of drug-likeness (QED) is 0.478. The molecule has 0 aromatic rings. The monoisotopic (exact) mass is 190 g/mol. The SMILES string of the molecule is C=CCOC1C(O)OCC(O)C1O. The lowest BCUT2D eigenvalue weighted by Crippen LogP contribution is -2.54. The first-order valence-electron chi connectivity index (χ1n) is 4.05. The molecule has 1 fully saturated rings. The van der Waals surface area contributed by atoms with E-state index in [2.05, 4.69) is 6.58 Å². The van der Waals surface area contributed by atoms with Crippen LogP contribution in [-0.4, -0.2) is 53.1 Å². The van der Waals surface area contributed by atoms with Crippen LogP contribution in [0.5, 0.6) is 0 Å². The first kappa shape index (κ1) is 10.6. The molecule has 1 aliphatic heterocycles. The highest BCUT2D eigenvalue weighted by atomic mass is 16.6. The molecule has 1 aliphatic rings. The molecule has 1 heterocycles. The Kier molecular flexibility index (Phi) is 3.83. The van der Waals surface area contributed by atoms with E-state index in [0.29, 0.717) is 0 Å². The zero-order valence-corrected chi connectivity index (χ0v) is 7.17. The third-order valence-corrected chi connectivity index (χ3v) is 1.86. The summed E-state index contributed by atoms with van der Waals surface area (Å²) in [6, 6.07) is 0. The highest BCUT2D eigenvalue weighted by Crippen LogP contribution is 2.16. The number of hydrogen-bond acceptors (Lipinski definition) is 5. The van der Waals surface area contributed by atoms with Gasteiger partial charge in [-0.2, -0.15) is 0 Å². The number of aliphatic hydroxyl groups excluding tert-OH is 3. The average molecular weight is 190 g/mol. The molecule has 1 rings (SSSR count). The average Bonchev–Trinajstić information content (AvgIpc) is 2.12. The van der Waals surface area contributed by atoms with Crippen molar-refractivity contribution in [1.29, 1.82) is 0 Å². The fourth-order valence-corrected chi connectivity index (χ4v) is 1.14. The molecule has 4 atom stereocenters. The van der Waals surface area contributed by atoms with Crippen molar-refractivity contribution in [3.63, 3.8) is 0 Å². The van der Waals surface area contributed by atoms with Crippen LogP contribution in [0.3, 0.4) is 0 Å². The number of ether oxygens (including phenoxy) is 2. The molecule has 76 valence electrons. The van der Waals surface area contributed by atoms with Crippen LogP contribution in [-0.2, 0) is 9.47 Å². The van der Waals surface area contributed by atoms with Crippen molar-refractivity contribution in [3.8, 4) is 0 Å². The Morgan fingerprint density at radius 1 is 1.46 bits per heavy atom. The zero-order chi connectivity index (χ0) is 9.84.